The predicted molar refractivity (Wildman–Crippen MR) is 74.2 cm³/mol. The summed E-state index contributed by atoms with van der Waals surface area (Å²) in [6, 6.07) is 11.3. The number of hydrogen-bond acceptors (Lipinski definition) is 4. The van der Waals surface area contributed by atoms with Crippen molar-refractivity contribution in [3.8, 4) is 11.5 Å². The van der Waals surface area contributed by atoms with Gasteiger partial charge in [0.25, 0.3) is 0 Å². The van der Waals surface area contributed by atoms with Gasteiger partial charge in [0.05, 0.1) is 12.8 Å². The third kappa shape index (κ3) is 3.45. The summed E-state index contributed by atoms with van der Waals surface area (Å²) >= 11 is 0. The number of pyridine rings is 1. The summed E-state index contributed by atoms with van der Waals surface area (Å²) in [5, 5.41) is 13.2. The van der Waals surface area contributed by atoms with Gasteiger partial charge in [-0.2, -0.15) is 0 Å². The van der Waals surface area contributed by atoms with Gasteiger partial charge in [0.2, 0.25) is 0 Å². The molecule has 4 heteroatoms. The Hall–Kier alpha value is -2.07. The summed E-state index contributed by atoms with van der Waals surface area (Å²) in [6.07, 6.45) is 1.78. The second kappa shape index (κ2) is 6.20. The normalized spacial score (nSPS) is 12.1. The Kier molecular flexibility index (Phi) is 4.36. The van der Waals surface area contributed by atoms with E-state index in [1.54, 1.807) is 19.4 Å². The molecule has 1 atom stereocenters. The van der Waals surface area contributed by atoms with Crippen molar-refractivity contribution >= 4 is 0 Å². The Labute approximate surface area is 113 Å². The lowest BCUT2D eigenvalue weighted by atomic mass is 10.1. The first-order chi connectivity index (χ1) is 9.20. The monoisotopic (exact) mass is 258 g/mol. The average Bonchev–Trinajstić information content (AvgIpc) is 2.46. The van der Waals surface area contributed by atoms with Crippen LogP contribution in [0.3, 0.4) is 0 Å². The molecule has 0 aliphatic rings. The van der Waals surface area contributed by atoms with Crippen molar-refractivity contribution in [2.75, 3.05) is 7.11 Å². The van der Waals surface area contributed by atoms with E-state index in [0.717, 1.165) is 11.3 Å². The van der Waals surface area contributed by atoms with Crippen LogP contribution in [0.25, 0.3) is 0 Å². The number of aromatic nitrogens is 1. The van der Waals surface area contributed by atoms with Crippen LogP contribution in [0.15, 0.2) is 42.6 Å². The number of methoxy groups -OCH3 is 1. The van der Waals surface area contributed by atoms with Gasteiger partial charge in [0.15, 0.2) is 0 Å². The molecule has 0 aliphatic heterocycles. The highest BCUT2D eigenvalue weighted by molar-refractivity contribution is 5.39. The number of phenolic OH excluding ortho intramolecular Hbond substituents is 1. The van der Waals surface area contributed by atoms with E-state index in [1.165, 1.54) is 0 Å². The molecule has 2 aromatic rings. The van der Waals surface area contributed by atoms with Crippen LogP contribution in [0.1, 0.15) is 24.2 Å². The third-order valence-corrected chi connectivity index (χ3v) is 3.02. The smallest absolute Gasteiger partial charge is 0.123 e. The van der Waals surface area contributed by atoms with E-state index >= 15 is 0 Å². The maximum Gasteiger partial charge on any atom is 0.123 e. The highest BCUT2D eigenvalue weighted by Crippen LogP contribution is 2.23. The van der Waals surface area contributed by atoms with Crippen molar-refractivity contribution in [2.24, 2.45) is 0 Å². The van der Waals surface area contributed by atoms with Crippen LogP contribution in [0.5, 0.6) is 11.5 Å². The van der Waals surface area contributed by atoms with E-state index in [4.69, 9.17) is 4.74 Å². The molecule has 100 valence electrons. The molecule has 1 aromatic heterocycles. The Morgan fingerprint density at radius 2 is 2.16 bits per heavy atom. The van der Waals surface area contributed by atoms with Crippen LogP contribution in [-0.2, 0) is 6.54 Å². The highest BCUT2D eigenvalue weighted by atomic mass is 16.5. The Morgan fingerprint density at radius 3 is 2.79 bits per heavy atom. The lowest BCUT2D eigenvalue weighted by Crippen LogP contribution is -2.19. The molecular formula is C15H18N2O2. The molecule has 0 radical (unpaired) electrons. The Bertz CT molecular complexity index is 529. The molecule has 19 heavy (non-hydrogen) atoms. The molecule has 4 nitrogen and oxygen atoms in total. The number of phenols is 1. The minimum absolute atomic E-state index is 0.128. The average molecular weight is 258 g/mol. The van der Waals surface area contributed by atoms with E-state index in [0.29, 0.717) is 12.3 Å². The molecule has 2 rings (SSSR count). The summed E-state index contributed by atoms with van der Waals surface area (Å²) in [7, 11) is 1.58. The van der Waals surface area contributed by atoms with Crippen molar-refractivity contribution in [2.45, 2.75) is 19.5 Å². The minimum Gasteiger partial charge on any atom is -0.507 e. The van der Waals surface area contributed by atoms with E-state index in [-0.39, 0.29) is 11.8 Å². The number of aromatic hydroxyl groups is 1. The van der Waals surface area contributed by atoms with Crippen LogP contribution < -0.4 is 10.1 Å². The number of nitrogens with one attached hydrogen (secondary N) is 1. The van der Waals surface area contributed by atoms with E-state index in [1.807, 2.05) is 37.3 Å². The lowest BCUT2D eigenvalue weighted by molar-refractivity contribution is 0.405. The van der Waals surface area contributed by atoms with Crippen LogP contribution in [-0.4, -0.2) is 17.2 Å². The summed E-state index contributed by atoms with van der Waals surface area (Å²) < 4.78 is 5.05. The standard InChI is InChI=1S/C15H18N2O2/c1-11(14-5-3-4-8-16-14)17-10-12-6-7-13(19-2)9-15(12)18/h3-9,11,17-18H,10H2,1-2H3. The first kappa shape index (κ1) is 13.4. The number of ether oxygens (including phenoxy) is 1. The SMILES string of the molecule is COc1ccc(CNC(C)c2ccccn2)c(O)c1. The fourth-order valence-corrected chi connectivity index (χ4v) is 1.82. The molecule has 0 bridgehead atoms. The Morgan fingerprint density at radius 1 is 1.32 bits per heavy atom. The van der Waals surface area contributed by atoms with Gasteiger partial charge in [0.1, 0.15) is 11.5 Å². The van der Waals surface area contributed by atoms with Crippen LogP contribution in [0.4, 0.5) is 0 Å². The van der Waals surface area contributed by atoms with Gasteiger partial charge in [-0.15, -0.1) is 0 Å². The summed E-state index contributed by atoms with van der Waals surface area (Å²) in [4.78, 5) is 4.30. The van der Waals surface area contributed by atoms with Crippen molar-refractivity contribution in [3.05, 3.63) is 53.9 Å². The molecule has 1 aromatic carbocycles. The van der Waals surface area contributed by atoms with Gasteiger partial charge >= 0.3 is 0 Å². The molecule has 0 aliphatic carbocycles. The fraction of sp³-hybridized carbons (Fsp3) is 0.267. The first-order valence-electron chi connectivity index (χ1n) is 6.21. The van der Waals surface area contributed by atoms with Crippen molar-refractivity contribution in [3.63, 3.8) is 0 Å². The minimum atomic E-state index is 0.128. The van der Waals surface area contributed by atoms with E-state index in [2.05, 4.69) is 10.3 Å². The number of benzene rings is 1. The predicted octanol–water partition coefficient (Wildman–Crippen LogP) is 2.65. The molecule has 0 saturated carbocycles. The van der Waals surface area contributed by atoms with Gasteiger partial charge in [-0.05, 0) is 25.1 Å². The van der Waals surface area contributed by atoms with Gasteiger partial charge in [0, 0.05) is 30.4 Å². The zero-order valence-corrected chi connectivity index (χ0v) is 11.1. The fourth-order valence-electron chi connectivity index (χ4n) is 1.82. The summed E-state index contributed by atoms with van der Waals surface area (Å²) in [5.74, 6) is 0.888. The van der Waals surface area contributed by atoms with Gasteiger partial charge < -0.3 is 15.2 Å². The highest BCUT2D eigenvalue weighted by Gasteiger charge is 2.08. The molecular weight excluding hydrogens is 240 g/mol. The summed E-state index contributed by atoms with van der Waals surface area (Å²) in [5.41, 5.74) is 1.82. The molecule has 2 N–H and O–H groups in total. The second-order valence-corrected chi connectivity index (χ2v) is 4.35. The number of hydrogen-bond donors (Lipinski definition) is 2. The largest absolute Gasteiger partial charge is 0.507 e. The van der Waals surface area contributed by atoms with E-state index < -0.39 is 0 Å². The van der Waals surface area contributed by atoms with Gasteiger partial charge in [-0.1, -0.05) is 12.1 Å². The van der Waals surface area contributed by atoms with Crippen molar-refractivity contribution in [1.29, 1.82) is 0 Å². The molecule has 1 unspecified atom stereocenters. The third-order valence-electron chi connectivity index (χ3n) is 3.02. The van der Waals surface area contributed by atoms with Crippen molar-refractivity contribution < 1.29 is 9.84 Å². The maximum absolute atomic E-state index is 9.87. The molecule has 0 saturated heterocycles. The molecule has 0 fully saturated rings. The second-order valence-electron chi connectivity index (χ2n) is 4.35. The zero-order valence-electron chi connectivity index (χ0n) is 11.1. The molecule has 0 spiro atoms. The zero-order chi connectivity index (χ0) is 13.7. The number of rotatable bonds is 5. The van der Waals surface area contributed by atoms with E-state index in [9.17, 15) is 5.11 Å². The lowest BCUT2D eigenvalue weighted by Gasteiger charge is -2.14. The molecule has 0 amide bonds. The van der Waals surface area contributed by atoms with Gasteiger partial charge in [-0.3, -0.25) is 4.98 Å². The Balaban J connectivity index is 1.99. The van der Waals surface area contributed by atoms with Crippen molar-refractivity contribution in [1.82, 2.24) is 10.3 Å². The van der Waals surface area contributed by atoms with Gasteiger partial charge in [-0.25, -0.2) is 0 Å². The molecule has 1 heterocycles. The first-order valence-corrected chi connectivity index (χ1v) is 6.21. The van der Waals surface area contributed by atoms with Crippen LogP contribution in [0, 0.1) is 0 Å². The maximum atomic E-state index is 9.87. The number of nitrogens with zero attached hydrogens (tertiary/aromatic N) is 1. The summed E-state index contributed by atoms with van der Waals surface area (Å²) in [6.45, 7) is 2.62. The van der Waals surface area contributed by atoms with Crippen LogP contribution in [0.2, 0.25) is 0 Å². The quantitative estimate of drug-likeness (QED) is 0.865. The topological polar surface area (TPSA) is 54.4 Å². The van der Waals surface area contributed by atoms with Crippen LogP contribution >= 0.6 is 0 Å².